The van der Waals surface area contributed by atoms with E-state index < -0.39 is 5.82 Å². The molecule has 1 aromatic carbocycles. The van der Waals surface area contributed by atoms with Gasteiger partial charge in [0.1, 0.15) is 0 Å². The molecule has 0 bridgehead atoms. The Morgan fingerprint density at radius 2 is 1.62 bits per heavy atom. The maximum absolute atomic E-state index is 14.0. The third-order valence-electron chi connectivity index (χ3n) is 8.81. The molecular formula is C29H41FO2. The van der Waals surface area contributed by atoms with Crippen LogP contribution in [0.25, 0.3) is 0 Å². The Balaban J connectivity index is 1.22. The molecule has 0 N–H and O–H groups in total. The molecule has 0 heterocycles. The lowest BCUT2D eigenvalue weighted by molar-refractivity contribution is -0.140. The van der Waals surface area contributed by atoms with E-state index in [0.29, 0.717) is 0 Å². The summed E-state index contributed by atoms with van der Waals surface area (Å²) in [5.41, 5.74) is 0.833. The zero-order valence-electron chi connectivity index (χ0n) is 20.0. The fourth-order valence-electron chi connectivity index (χ4n) is 6.92. The van der Waals surface area contributed by atoms with Crippen molar-refractivity contribution in [3.8, 4) is 5.75 Å². The molecule has 1 aromatic rings. The molecule has 2 nitrogen and oxygen atoms in total. The quantitative estimate of drug-likeness (QED) is 0.254. The van der Waals surface area contributed by atoms with Crippen LogP contribution >= 0.6 is 0 Å². The molecule has 0 spiro atoms. The lowest BCUT2D eigenvalue weighted by Crippen LogP contribution is -2.35. The molecule has 4 rings (SSSR count). The predicted molar refractivity (Wildman–Crippen MR) is 128 cm³/mol. The second kappa shape index (κ2) is 11.0. The summed E-state index contributed by atoms with van der Waals surface area (Å²) in [7, 11) is 0. The van der Waals surface area contributed by atoms with Crippen LogP contribution in [-0.4, -0.2) is 5.97 Å². The summed E-state index contributed by atoms with van der Waals surface area (Å²) >= 11 is 0. The van der Waals surface area contributed by atoms with Crippen molar-refractivity contribution < 1.29 is 13.9 Å². The van der Waals surface area contributed by atoms with Crippen molar-refractivity contribution in [1.29, 1.82) is 0 Å². The van der Waals surface area contributed by atoms with Crippen LogP contribution in [0.1, 0.15) is 89.5 Å². The van der Waals surface area contributed by atoms with Gasteiger partial charge < -0.3 is 4.74 Å². The van der Waals surface area contributed by atoms with Crippen molar-refractivity contribution in [3.63, 3.8) is 0 Å². The van der Waals surface area contributed by atoms with Gasteiger partial charge in [-0.05, 0) is 132 Å². The minimum atomic E-state index is -0.444. The van der Waals surface area contributed by atoms with Gasteiger partial charge in [0.25, 0.3) is 0 Å². The average Bonchev–Trinajstić information content (AvgIpc) is 2.81. The van der Waals surface area contributed by atoms with E-state index in [2.05, 4.69) is 19.1 Å². The number of allylic oxidation sites excluding steroid dienone is 2. The maximum Gasteiger partial charge on any atom is 0.314 e. The number of benzene rings is 1. The molecule has 32 heavy (non-hydrogen) atoms. The van der Waals surface area contributed by atoms with E-state index >= 15 is 0 Å². The van der Waals surface area contributed by atoms with Crippen LogP contribution in [0.5, 0.6) is 5.75 Å². The molecule has 3 heteroatoms. The van der Waals surface area contributed by atoms with Gasteiger partial charge in [-0.2, -0.15) is 0 Å². The van der Waals surface area contributed by atoms with E-state index in [-0.39, 0.29) is 17.6 Å². The van der Waals surface area contributed by atoms with Crippen LogP contribution in [0, 0.1) is 48.2 Å². The minimum absolute atomic E-state index is 0.0716. The van der Waals surface area contributed by atoms with Gasteiger partial charge in [0.2, 0.25) is 0 Å². The summed E-state index contributed by atoms with van der Waals surface area (Å²) in [4.78, 5) is 12.6. The molecule has 3 aliphatic rings. The Morgan fingerprint density at radius 1 is 0.969 bits per heavy atom. The summed E-state index contributed by atoms with van der Waals surface area (Å²) < 4.78 is 19.5. The third kappa shape index (κ3) is 5.83. The SMILES string of the molecule is C/C=C/CCC1CCC2CC(C3CCC(C(=O)Oc4ccc(C)cc4F)CC3)CCC2C1. The fraction of sp³-hybridized carbons (Fsp3) is 0.690. The number of halogens is 1. The van der Waals surface area contributed by atoms with Crippen molar-refractivity contribution in [1.82, 2.24) is 0 Å². The summed E-state index contributed by atoms with van der Waals surface area (Å²) in [6.45, 7) is 3.96. The Labute approximate surface area is 194 Å². The van der Waals surface area contributed by atoms with Crippen molar-refractivity contribution in [2.45, 2.75) is 90.9 Å². The summed E-state index contributed by atoms with van der Waals surface area (Å²) in [6, 6.07) is 4.78. The first-order valence-corrected chi connectivity index (χ1v) is 13.1. The Morgan fingerprint density at radius 3 is 2.34 bits per heavy atom. The van der Waals surface area contributed by atoms with E-state index in [1.165, 1.54) is 57.4 Å². The number of rotatable bonds is 6. The number of carbonyl (C=O) groups excluding carboxylic acids is 1. The second-order valence-electron chi connectivity index (χ2n) is 10.9. The smallest absolute Gasteiger partial charge is 0.314 e. The lowest BCUT2D eigenvalue weighted by atomic mass is 9.60. The van der Waals surface area contributed by atoms with Crippen LogP contribution in [-0.2, 0) is 4.79 Å². The van der Waals surface area contributed by atoms with Gasteiger partial charge in [0, 0.05) is 0 Å². The topological polar surface area (TPSA) is 26.3 Å². The van der Waals surface area contributed by atoms with E-state index in [9.17, 15) is 9.18 Å². The van der Waals surface area contributed by atoms with Crippen molar-refractivity contribution >= 4 is 5.97 Å². The van der Waals surface area contributed by atoms with Crippen LogP contribution in [0.15, 0.2) is 30.4 Å². The van der Waals surface area contributed by atoms with Gasteiger partial charge >= 0.3 is 5.97 Å². The number of hydrogen-bond acceptors (Lipinski definition) is 2. The first-order chi connectivity index (χ1) is 15.5. The molecule has 176 valence electrons. The second-order valence-corrected chi connectivity index (χ2v) is 10.9. The molecule has 0 amide bonds. The van der Waals surface area contributed by atoms with Crippen molar-refractivity contribution in [2.75, 3.05) is 0 Å². The zero-order chi connectivity index (χ0) is 22.5. The van der Waals surface area contributed by atoms with Crippen LogP contribution < -0.4 is 4.74 Å². The first kappa shape index (κ1) is 23.5. The predicted octanol–water partition coefficient (Wildman–Crippen LogP) is 8.03. The van der Waals surface area contributed by atoms with E-state index in [1.807, 2.05) is 6.92 Å². The van der Waals surface area contributed by atoms with Gasteiger partial charge in [-0.1, -0.05) is 24.6 Å². The molecule has 3 saturated carbocycles. The average molecular weight is 441 g/mol. The molecule has 3 aliphatic carbocycles. The summed E-state index contributed by atoms with van der Waals surface area (Å²) in [5, 5.41) is 0. The molecule has 4 unspecified atom stereocenters. The minimum Gasteiger partial charge on any atom is -0.423 e. The number of esters is 1. The molecule has 3 fully saturated rings. The van der Waals surface area contributed by atoms with Crippen LogP contribution in [0.2, 0.25) is 0 Å². The van der Waals surface area contributed by atoms with Gasteiger partial charge in [-0.25, -0.2) is 4.39 Å². The van der Waals surface area contributed by atoms with E-state index in [0.717, 1.165) is 60.8 Å². The first-order valence-electron chi connectivity index (χ1n) is 13.1. The number of carbonyl (C=O) groups is 1. The Kier molecular flexibility index (Phi) is 8.07. The number of hydrogen-bond donors (Lipinski definition) is 0. The highest BCUT2D eigenvalue weighted by Crippen LogP contribution is 2.49. The molecule has 0 aliphatic heterocycles. The molecule has 0 saturated heterocycles. The van der Waals surface area contributed by atoms with Gasteiger partial charge in [-0.15, -0.1) is 0 Å². The highest BCUT2D eigenvalue weighted by Gasteiger charge is 2.39. The van der Waals surface area contributed by atoms with Crippen LogP contribution in [0.4, 0.5) is 4.39 Å². The maximum atomic E-state index is 14.0. The normalized spacial score (nSPS) is 33.1. The standard InChI is InChI=1S/C29H41FO2/c1-3-4-5-6-21-8-9-26-19-25(15-14-24(26)18-21)22-10-12-23(13-11-22)29(31)32-28-16-7-20(2)17-27(28)30/h3-4,7,16-17,21-26H,5-6,8-15,18-19H2,1-2H3/b4-3+. The highest BCUT2D eigenvalue weighted by atomic mass is 19.1. The molecular weight excluding hydrogens is 399 g/mol. The zero-order valence-corrected chi connectivity index (χ0v) is 20.0. The van der Waals surface area contributed by atoms with Gasteiger partial charge in [0.05, 0.1) is 5.92 Å². The Bertz CT molecular complexity index is 792. The summed E-state index contributed by atoms with van der Waals surface area (Å²) in [5.74, 6) is 3.78. The molecule has 0 radical (unpaired) electrons. The molecule has 4 atom stereocenters. The van der Waals surface area contributed by atoms with E-state index in [4.69, 9.17) is 4.74 Å². The summed E-state index contributed by atoms with van der Waals surface area (Å²) in [6.07, 6.45) is 19.7. The van der Waals surface area contributed by atoms with E-state index in [1.54, 1.807) is 12.1 Å². The lowest BCUT2D eigenvalue weighted by Gasteiger charge is -2.45. The van der Waals surface area contributed by atoms with Crippen molar-refractivity contribution in [3.05, 3.63) is 41.7 Å². The van der Waals surface area contributed by atoms with Crippen LogP contribution in [0.3, 0.4) is 0 Å². The largest absolute Gasteiger partial charge is 0.423 e. The monoisotopic (exact) mass is 440 g/mol. The highest BCUT2D eigenvalue weighted by molar-refractivity contribution is 5.75. The number of fused-ring (bicyclic) bond motifs is 1. The Hall–Kier alpha value is -1.64. The number of ether oxygens (including phenoxy) is 1. The van der Waals surface area contributed by atoms with Gasteiger partial charge in [0.15, 0.2) is 11.6 Å². The van der Waals surface area contributed by atoms with Gasteiger partial charge in [-0.3, -0.25) is 4.79 Å². The molecule has 0 aromatic heterocycles. The third-order valence-corrected chi connectivity index (χ3v) is 8.81. The van der Waals surface area contributed by atoms with Crippen molar-refractivity contribution in [2.24, 2.45) is 35.5 Å². The fourth-order valence-corrected chi connectivity index (χ4v) is 6.92. The number of aryl methyl sites for hydroxylation is 1.